The molecule has 0 N–H and O–H groups in total. The molecule has 3 aromatic rings. The molecule has 0 unspecified atom stereocenters. The SMILES string of the molecule is Cc1nc2ccnn2c(C)c1C(=O)N1CC2(CC2)c2ccccc21. The van der Waals surface area contributed by atoms with E-state index in [2.05, 4.69) is 28.3 Å². The second kappa shape index (κ2) is 4.44. The Kier molecular flexibility index (Phi) is 2.54. The summed E-state index contributed by atoms with van der Waals surface area (Å²) >= 11 is 0. The Balaban J connectivity index is 1.66. The highest BCUT2D eigenvalue weighted by molar-refractivity contribution is 6.09. The summed E-state index contributed by atoms with van der Waals surface area (Å²) in [5, 5.41) is 4.30. The van der Waals surface area contributed by atoms with Crippen molar-refractivity contribution in [2.75, 3.05) is 11.4 Å². The van der Waals surface area contributed by atoms with Crippen LogP contribution in [0, 0.1) is 13.8 Å². The van der Waals surface area contributed by atoms with Crippen molar-refractivity contribution in [2.45, 2.75) is 32.1 Å². The summed E-state index contributed by atoms with van der Waals surface area (Å²) in [7, 11) is 0. The van der Waals surface area contributed by atoms with Gasteiger partial charge in [-0.25, -0.2) is 9.50 Å². The van der Waals surface area contributed by atoms with E-state index >= 15 is 0 Å². The summed E-state index contributed by atoms with van der Waals surface area (Å²) in [6, 6.07) is 10.2. The van der Waals surface area contributed by atoms with Gasteiger partial charge in [-0.05, 0) is 38.3 Å². The predicted molar refractivity (Wildman–Crippen MR) is 91.5 cm³/mol. The second-order valence-corrected chi connectivity index (χ2v) is 6.95. The zero-order chi connectivity index (χ0) is 16.5. The van der Waals surface area contributed by atoms with Crippen LogP contribution in [0.3, 0.4) is 0 Å². The average Bonchev–Trinajstić information content (AvgIpc) is 3.06. The Bertz CT molecular complexity index is 1000. The Morgan fingerprint density at radius 2 is 1.96 bits per heavy atom. The minimum atomic E-state index is 0.0334. The Hall–Kier alpha value is -2.69. The molecule has 1 spiro atoms. The van der Waals surface area contributed by atoms with Crippen LogP contribution < -0.4 is 4.90 Å². The lowest BCUT2D eigenvalue weighted by Crippen LogP contribution is -2.33. The van der Waals surface area contributed by atoms with Crippen molar-refractivity contribution in [3.05, 3.63) is 59.0 Å². The van der Waals surface area contributed by atoms with Crippen LogP contribution in [0.2, 0.25) is 0 Å². The maximum absolute atomic E-state index is 13.4. The summed E-state index contributed by atoms with van der Waals surface area (Å²) < 4.78 is 1.75. The van der Waals surface area contributed by atoms with Gasteiger partial charge in [0.2, 0.25) is 0 Å². The Labute approximate surface area is 139 Å². The zero-order valence-corrected chi connectivity index (χ0v) is 13.8. The van der Waals surface area contributed by atoms with E-state index in [9.17, 15) is 4.79 Å². The number of para-hydroxylation sites is 1. The molecular weight excluding hydrogens is 300 g/mol. The van der Waals surface area contributed by atoms with E-state index in [1.165, 1.54) is 18.4 Å². The summed E-state index contributed by atoms with van der Waals surface area (Å²) in [5.41, 5.74) is 5.63. The monoisotopic (exact) mass is 318 g/mol. The zero-order valence-electron chi connectivity index (χ0n) is 13.8. The molecule has 2 aromatic heterocycles. The number of hydrogen-bond acceptors (Lipinski definition) is 3. The van der Waals surface area contributed by atoms with Crippen molar-refractivity contribution < 1.29 is 4.79 Å². The van der Waals surface area contributed by atoms with Crippen molar-refractivity contribution in [1.82, 2.24) is 14.6 Å². The van der Waals surface area contributed by atoms with Gasteiger partial charge in [0.05, 0.1) is 23.1 Å². The molecule has 3 heterocycles. The van der Waals surface area contributed by atoms with Gasteiger partial charge in [-0.2, -0.15) is 5.10 Å². The second-order valence-electron chi connectivity index (χ2n) is 6.95. The standard InChI is InChI=1S/C19H18N4O/c1-12-17(13(2)23-16(21-12)7-10-20-23)18(24)22-11-19(8-9-19)14-5-3-4-6-15(14)22/h3-7,10H,8-9,11H2,1-2H3. The van der Waals surface area contributed by atoms with Crippen molar-refractivity contribution in [1.29, 1.82) is 0 Å². The molecule has 5 nitrogen and oxygen atoms in total. The highest BCUT2D eigenvalue weighted by Gasteiger charge is 2.53. The molecule has 0 atom stereocenters. The summed E-state index contributed by atoms with van der Waals surface area (Å²) in [6.07, 6.45) is 4.05. The van der Waals surface area contributed by atoms with E-state index in [0.717, 1.165) is 29.3 Å². The van der Waals surface area contributed by atoms with E-state index in [1.54, 1.807) is 10.7 Å². The van der Waals surface area contributed by atoms with Gasteiger partial charge in [-0.3, -0.25) is 4.79 Å². The maximum atomic E-state index is 13.4. The summed E-state index contributed by atoms with van der Waals surface area (Å²) in [6.45, 7) is 4.63. The Morgan fingerprint density at radius 3 is 2.75 bits per heavy atom. The minimum absolute atomic E-state index is 0.0334. The van der Waals surface area contributed by atoms with E-state index in [0.29, 0.717) is 5.56 Å². The van der Waals surface area contributed by atoms with E-state index in [4.69, 9.17) is 0 Å². The van der Waals surface area contributed by atoms with Crippen LogP contribution in [0.25, 0.3) is 5.65 Å². The number of amides is 1. The van der Waals surface area contributed by atoms with Gasteiger partial charge < -0.3 is 4.90 Å². The van der Waals surface area contributed by atoms with Gasteiger partial charge in [0.1, 0.15) is 0 Å². The van der Waals surface area contributed by atoms with Crippen molar-refractivity contribution in [2.24, 2.45) is 0 Å². The fourth-order valence-corrected chi connectivity index (χ4v) is 4.07. The number of hydrogen-bond donors (Lipinski definition) is 0. The molecule has 24 heavy (non-hydrogen) atoms. The number of rotatable bonds is 1. The average molecular weight is 318 g/mol. The van der Waals surface area contributed by atoms with Crippen LogP contribution >= 0.6 is 0 Å². The van der Waals surface area contributed by atoms with Gasteiger partial charge in [0.25, 0.3) is 5.91 Å². The number of aryl methyl sites for hydroxylation is 2. The summed E-state index contributed by atoms with van der Waals surface area (Å²) in [5.74, 6) is 0.0334. The third-order valence-corrected chi connectivity index (χ3v) is 5.49. The number of carbonyl (C=O) groups excluding carboxylic acids is 1. The first-order chi connectivity index (χ1) is 11.6. The Morgan fingerprint density at radius 1 is 1.17 bits per heavy atom. The first-order valence-corrected chi connectivity index (χ1v) is 8.33. The molecule has 1 saturated carbocycles. The normalized spacial score (nSPS) is 17.5. The lowest BCUT2D eigenvalue weighted by atomic mass is 9.99. The predicted octanol–water partition coefficient (Wildman–Crippen LogP) is 3.04. The van der Waals surface area contributed by atoms with E-state index in [1.807, 2.05) is 30.9 Å². The molecule has 5 heteroatoms. The van der Waals surface area contributed by atoms with E-state index in [-0.39, 0.29) is 11.3 Å². The summed E-state index contributed by atoms with van der Waals surface area (Å²) in [4.78, 5) is 19.9. The number of aromatic nitrogens is 3. The molecule has 0 radical (unpaired) electrons. The van der Waals surface area contributed by atoms with Gasteiger partial charge in [0, 0.05) is 23.7 Å². The molecule has 5 rings (SSSR count). The first-order valence-electron chi connectivity index (χ1n) is 8.33. The van der Waals surface area contributed by atoms with Gasteiger partial charge in [-0.1, -0.05) is 18.2 Å². The molecule has 1 amide bonds. The minimum Gasteiger partial charge on any atom is -0.307 e. The van der Waals surface area contributed by atoms with Gasteiger partial charge >= 0.3 is 0 Å². The molecule has 2 aliphatic rings. The van der Waals surface area contributed by atoms with Gasteiger partial charge in [-0.15, -0.1) is 0 Å². The molecule has 1 aromatic carbocycles. The number of fused-ring (bicyclic) bond motifs is 3. The fraction of sp³-hybridized carbons (Fsp3) is 0.316. The highest BCUT2D eigenvalue weighted by atomic mass is 16.2. The van der Waals surface area contributed by atoms with Crippen LogP contribution in [-0.2, 0) is 5.41 Å². The first kappa shape index (κ1) is 13.7. The third-order valence-electron chi connectivity index (χ3n) is 5.49. The molecule has 1 aliphatic carbocycles. The largest absolute Gasteiger partial charge is 0.307 e. The molecule has 1 aliphatic heterocycles. The molecule has 120 valence electrons. The van der Waals surface area contributed by atoms with Gasteiger partial charge in [0.15, 0.2) is 5.65 Å². The molecule has 0 bridgehead atoms. The van der Waals surface area contributed by atoms with Crippen LogP contribution in [0.15, 0.2) is 36.5 Å². The lowest BCUT2D eigenvalue weighted by molar-refractivity contribution is 0.0985. The lowest BCUT2D eigenvalue weighted by Gasteiger charge is -2.20. The van der Waals surface area contributed by atoms with Crippen molar-refractivity contribution in [3.63, 3.8) is 0 Å². The third kappa shape index (κ3) is 1.67. The smallest absolute Gasteiger partial charge is 0.262 e. The van der Waals surface area contributed by atoms with Crippen LogP contribution in [0.1, 0.15) is 40.2 Å². The number of carbonyl (C=O) groups is 1. The maximum Gasteiger partial charge on any atom is 0.262 e. The molecular formula is C19H18N4O. The topological polar surface area (TPSA) is 50.5 Å². The number of anilines is 1. The van der Waals surface area contributed by atoms with Crippen molar-refractivity contribution in [3.8, 4) is 0 Å². The quantitative estimate of drug-likeness (QED) is 0.693. The number of nitrogens with zero attached hydrogens (tertiary/aromatic N) is 4. The fourth-order valence-electron chi connectivity index (χ4n) is 4.07. The van der Waals surface area contributed by atoms with Crippen LogP contribution in [0.5, 0.6) is 0 Å². The number of benzene rings is 1. The molecule has 1 fully saturated rings. The van der Waals surface area contributed by atoms with Crippen molar-refractivity contribution >= 4 is 17.2 Å². The van der Waals surface area contributed by atoms with Crippen LogP contribution in [0.4, 0.5) is 5.69 Å². The van der Waals surface area contributed by atoms with E-state index < -0.39 is 0 Å². The molecule has 0 saturated heterocycles. The highest BCUT2D eigenvalue weighted by Crippen LogP contribution is 2.56. The van der Waals surface area contributed by atoms with Crippen LogP contribution in [-0.4, -0.2) is 27.0 Å².